The molecule has 0 saturated carbocycles. The van der Waals surface area contributed by atoms with Crippen LogP contribution < -0.4 is 10.6 Å². The molecule has 20 heavy (non-hydrogen) atoms. The molecule has 0 radical (unpaired) electrons. The third kappa shape index (κ3) is 3.79. The van der Waals surface area contributed by atoms with Crippen molar-refractivity contribution in [3.05, 3.63) is 22.4 Å². The Kier molecular flexibility index (Phi) is 5.54. The second kappa shape index (κ2) is 7.17. The average Bonchev–Trinajstić information content (AvgIpc) is 3.09. The van der Waals surface area contributed by atoms with Crippen molar-refractivity contribution in [2.24, 2.45) is 0 Å². The highest BCUT2D eigenvalue weighted by atomic mass is 32.1. The first-order valence-corrected chi connectivity index (χ1v) is 7.73. The SMILES string of the molecule is COC1CNC(C(=O)NCC(c2cccs2)N(C)C)C1. The van der Waals surface area contributed by atoms with Crippen molar-refractivity contribution >= 4 is 17.2 Å². The van der Waals surface area contributed by atoms with Gasteiger partial charge in [0.2, 0.25) is 5.91 Å². The predicted octanol–water partition coefficient (Wildman–Crippen LogP) is 0.844. The smallest absolute Gasteiger partial charge is 0.237 e. The highest BCUT2D eigenvalue weighted by molar-refractivity contribution is 7.10. The van der Waals surface area contributed by atoms with Crippen LogP contribution in [0.2, 0.25) is 0 Å². The van der Waals surface area contributed by atoms with E-state index in [4.69, 9.17) is 4.74 Å². The van der Waals surface area contributed by atoms with Crippen molar-refractivity contribution in [3.8, 4) is 0 Å². The van der Waals surface area contributed by atoms with Gasteiger partial charge in [-0.05, 0) is 32.0 Å². The Hall–Kier alpha value is -0.950. The zero-order valence-corrected chi connectivity index (χ0v) is 13.1. The van der Waals surface area contributed by atoms with Crippen molar-refractivity contribution in [2.75, 3.05) is 34.3 Å². The van der Waals surface area contributed by atoms with Gasteiger partial charge in [0, 0.05) is 25.1 Å². The summed E-state index contributed by atoms with van der Waals surface area (Å²) in [6, 6.07) is 4.24. The molecular formula is C14H23N3O2S. The van der Waals surface area contributed by atoms with Crippen LogP contribution in [0.5, 0.6) is 0 Å². The molecule has 1 aromatic heterocycles. The number of amides is 1. The molecule has 0 bridgehead atoms. The molecule has 6 heteroatoms. The van der Waals surface area contributed by atoms with Crippen LogP contribution in [-0.2, 0) is 9.53 Å². The van der Waals surface area contributed by atoms with Gasteiger partial charge in [-0.2, -0.15) is 0 Å². The van der Waals surface area contributed by atoms with Crippen LogP contribution in [-0.4, -0.2) is 57.2 Å². The lowest BCUT2D eigenvalue weighted by Crippen LogP contribution is -2.43. The second-order valence-corrected chi connectivity index (χ2v) is 6.27. The Morgan fingerprint density at radius 1 is 1.65 bits per heavy atom. The largest absolute Gasteiger partial charge is 0.380 e. The molecule has 2 rings (SSSR count). The third-order valence-electron chi connectivity index (χ3n) is 3.70. The average molecular weight is 297 g/mol. The Balaban J connectivity index is 1.85. The van der Waals surface area contributed by atoms with Crippen molar-refractivity contribution in [2.45, 2.75) is 24.6 Å². The minimum atomic E-state index is -0.133. The van der Waals surface area contributed by atoms with Gasteiger partial charge >= 0.3 is 0 Å². The number of thiophene rings is 1. The number of likely N-dealkylation sites (N-methyl/N-ethyl adjacent to an activating group) is 1. The number of rotatable bonds is 6. The Bertz CT molecular complexity index is 422. The summed E-state index contributed by atoms with van der Waals surface area (Å²) in [6.45, 7) is 1.37. The first kappa shape index (κ1) is 15.4. The molecule has 2 heterocycles. The number of carbonyl (C=O) groups excluding carboxylic acids is 1. The standard InChI is InChI=1S/C14H23N3O2S/c1-17(2)12(13-5-4-6-20-13)9-16-14(18)11-7-10(19-3)8-15-11/h4-6,10-12,15H,7-9H2,1-3H3,(H,16,18). The quantitative estimate of drug-likeness (QED) is 0.817. The maximum absolute atomic E-state index is 12.2. The monoisotopic (exact) mass is 297 g/mol. The van der Waals surface area contributed by atoms with E-state index in [1.54, 1.807) is 18.4 Å². The molecule has 1 saturated heterocycles. The minimum absolute atomic E-state index is 0.0629. The van der Waals surface area contributed by atoms with E-state index in [0.717, 1.165) is 13.0 Å². The Labute approximate surface area is 124 Å². The van der Waals surface area contributed by atoms with Gasteiger partial charge in [0.25, 0.3) is 0 Å². The van der Waals surface area contributed by atoms with Gasteiger partial charge in [0.15, 0.2) is 0 Å². The molecule has 0 aliphatic carbocycles. The van der Waals surface area contributed by atoms with Crippen molar-refractivity contribution in [1.82, 2.24) is 15.5 Å². The maximum Gasteiger partial charge on any atom is 0.237 e. The molecule has 1 fully saturated rings. The first-order chi connectivity index (χ1) is 9.61. The van der Waals surface area contributed by atoms with Crippen LogP contribution in [0.4, 0.5) is 0 Å². The second-order valence-electron chi connectivity index (χ2n) is 5.29. The highest BCUT2D eigenvalue weighted by Gasteiger charge is 2.29. The molecule has 112 valence electrons. The molecule has 5 nitrogen and oxygen atoms in total. The van der Waals surface area contributed by atoms with E-state index in [9.17, 15) is 4.79 Å². The summed E-state index contributed by atoms with van der Waals surface area (Å²) in [5.74, 6) is 0.0629. The lowest BCUT2D eigenvalue weighted by Gasteiger charge is -2.24. The van der Waals surface area contributed by atoms with E-state index in [2.05, 4.69) is 27.0 Å². The Morgan fingerprint density at radius 3 is 3.00 bits per heavy atom. The van der Waals surface area contributed by atoms with Crippen LogP contribution >= 0.6 is 11.3 Å². The Morgan fingerprint density at radius 2 is 2.45 bits per heavy atom. The molecule has 0 aromatic carbocycles. The van der Waals surface area contributed by atoms with Crippen LogP contribution in [0.15, 0.2) is 17.5 Å². The summed E-state index contributed by atoms with van der Waals surface area (Å²) in [6.07, 6.45) is 0.890. The van der Waals surface area contributed by atoms with Crippen LogP contribution in [0, 0.1) is 0 Å². The number of ether oxygens (including phenoxy) is 1. The molecule has 1 aliphatic rings. The zero-order valence-electron chi connectivity index (χ0n) is 12.3. The van der Waals surface area contributed by atoms with Crippen molar-refractivity contribution < 1.29 is 9.53 Å². The molecular weight excluding hydrogens is 274 g/mol. The van der Waals surface area contributed by atoms with Gasteiger partial charge < -0.3 is 20.3 Å². The molecule has 1 aliphatic heterocycles. The zero-order chi connectivity index (χ0) is 14.5. The van der Waals surface area contributed by atoms with Crippen molar-refractivity contribution in [3.63, 3.8) is 0 Å². The summed E-state index contributed by atoms with van der Waals surface area (Å²) >= 11 is 1.72. The van der Waals surface area contributed by atoms with E-state index >= 15 is 0 Å². The van der Waals surface area contributed by atoms with Gasteiger partial charge in [0.05, 0.1) is 18.2 Å². The summed E-state index contributed by atoms with van der Waals surface area (Å²) < 4.78 is 5.27. The summed E-state index contributed by atoms with van der Waals surface area (Å²) in [7, 11) is 5.75. The summed E-state index contributed by atoms with van der Waals surface area (Å²) in [4.78, 5) is 15.6. The number of methoxy groups -OCH3 is 1. The molecule has 3 unspecified atom stereocenters. The lowest BCUT2D eigenvalue weighted by molar-refractivity contribution is -0.123. The third-order valence-corrected chi connectivity index (χ3v) is 4.68. The normalized spacial score (nSPS) is 24.0. The van der Waals surface area contributed by atoms with E-state index in [1.807, 2.05) is 20.2 Å². The first-order valence-electron chi connectivity index (χ1n) is 6.85. The summed E-state index contributed by atoms with van der Waals surface area (Å²) in [5.41, 5.74) is 0. The molecule has 3 atom stereocenters. The molecule has 0 spiro atoms. The minimum Gasteiger partial charge on any atom is -0.380 e. The molecule has 1 amide bonds. The van der Waals surface area contributed by atoms with Crippen molar-refractivity contribution in [1.29, 1.82) is 0 Å². The lowest BCUT2D eigenvalue weighted by atomic mass is 10.1. The number of carbonyl (C=O) groups is 1. The molecule has 2 N–H and O–H groups in total. The van der Waals surface area contributed by atoms with E-state index < -0.39 is 0 Å². The number of hydrogen-bond donors (Lipinski definition) is 2. The number of hydrogen-bond acceptors (Lipinski definition) is 5. The molecule has 1 aromatic rings. The predicted molar refractivity (Wildman–Crippen MR) is 81.0 cm³/mol. The van der Waals surface area contributed by atoms with E-state index in [-0.39, 0.29) is 24.1 Å². The van der Waals surface area contributed by atoms with Gasteiger partial charge in [0.1, 0.15) is 0 Å². The van der Waals surface area contributed by atoms with Crippen LogP contribution in [0.25, 0.3) is 0 Å². The van der Waals surface area contributed by atoms with E-state index in [1.165, 1.54) is 4.88 Å². The van der Waals surface area contributed by atoms with Crippen LogP contribution in [0.1, 0.15) is 17.3 Å². The van der Waals surface area contributed by atoms with Gasteiger partial charge in [-0.25, -0.2) is 0 Å². The fourth-order valence-corrected chi connectivity index (χ4v) is 3.34. The number of nitrogens with zero attached hydrogens (tertiary/aromatic N) is 1. The maximum atomic E-state index is 12.2. The topological polar surface area (TPSA) is 53.6 Å². The highest BCUT2D eigenvalue weighted by Crippen LogP contribution is 2.22. The van der Waals surface area contributed by atoms with Gasteiger partial charge in [-0.15, -0.1) is 11.3 Å². The van der Waals surface area contributed by atoms with Crippen LogP contribution in [0.3, 0.4) is 0 Å². The van der Waals surface area contributed by atoms with Gasteiger partial charge in [-0.1, -0.05) is 6.07 Å². The van der Waals surface area contributed by atoms with E-state index in [0.29, 0.717) is 6.54 Å². The number of nitrogens with one attached hydrogen (secondary N) is 2. The summed E-state index contributed by atoms with van der Waals surface area (Å²) in [5, 5.41) is 8.31. The fourth-order valence-electron chi connectivity index (χ4n) is 2.42. The van der Waals surface area contributed by atoms with Gasteiger partial charge in [-0.3, -0.25) is 4.79 Å². The fraction of sp³-hybridized carbons (Fsp3) is 0.643.